The van der Waals surface area contributed by atoms with E-state index in [-0.39, 0.29) is 30.4 Å². The summed E-state index contributed by atoms with van der Waals surface area (Å²) in [5.41, 5.74) is 1.90. The summed E-state index contributed by atoms with van der Waals surface area (Å²) in [6.07, 6.45) is 0.583. The van der Waals surface area contributed by atoms with Crippen molar-refractivity contribution in [1.29, 1.82) is 0 Å². The Hall–Kier alpha value is -2.73. The molecule has 2 unspecified atom stereocenters. The highest BCUT2D eigenvalue weighted by Gasteiger charge is 2.47. The zero-order chi connectivity index (χ0) is 18.8. The van der Waals surface area contributed by atoms with Crippen LogP contribution in [0.15, 0.2) is 42.5 Å². The van der Waals surface area contributed by atoms with Gasteiger partial charge in [-0.3, -0.25) is 9.59 Å². The van der Waals surface area contributed by atoms with Crippen molar-refractivity contribution in [2.75, 3.05) is 6.79 Å². The number of benzene rings is 2. The van der Waals surface area contributed by atoms with E-state index in [1.165, 1.54) is 0 Å². The van der Waals surface area contributed by atoms with Gasteiger partial charge in [0.2, 0.25) is 18.6 Å². The Morgan fingerprint density at radius 2 is 1.48 bits per heavy atom. The van der Waals surface area contributed by atoms with Gasteiger partial charge in [-0.25, -0.2) is 0 Å². The van der Waals surface area contributed by atoms with Gasteiger partial charge in [-0.15, -0.1) is 0 Å². The number of hydrogen-bond acceptors (Lipinski definition) is 4. The number of ether oxygens (including phenoxy) is 2. The van der Waals surface area contributed by atoms with Crippen LogP contribution >= 0.6 is 11.6 Å². The summed E-state index contributed by atoms with van der Waals surface area (Å²) in [4.78, 5) is 24.5. The molecule has 2 N–H and O–H groups in total. The van der Waals surface area contributed by atoms with Crippen molar-refractivity contribution >= 4 is 23.4 Å². The lowest BCUT2D eigenvalue weighted by atomic mass is 10.2. The average Bonchev–Trinajstić information content (AvgIpc) is 3.35. The Labute approximate surface area is 161 Å². The van der Waals surface area contributed by atoms with Crippen molar-refractivity contribution in [3.8, 4) is 11.5 Å². The fourth-order valence-electron chi connectivity index (χ4n) is 3.07. The Kier molecular flexibility index (Phi) is 4.90. The van der Waals surface area contributed by atoms with Crippen molar-refractivity contribution in [2.24, 2.45) is 11.8 Å². The van der Waals surface area contributed by atoms with E-state index in [2.05, 4.69) is 10.6 Å². The minimum Gasteiger partial charge on any atom is -0.454 e. The second-order valence-electron chi connectivity index (χ2n) is 6.70. The molecule has 140 valence electrons. The Morgan fingerprint density at radius 1 is 0.889 bits per heavy atom. The summed E-state index contributed by atoms with van der Waals surface area (Å²) in [5, 5.41) is 6.42. The van der Waals surface area contributed by atoms with Gasteiger partial charge in [0, 0.05) is 18.1 Å². The fourth-order valence-corrected chi connectivity index (χ4v) is 3.19. The van der Waals surface area contributed by atoms with E-state index in [9.17, 15) is 9.59 Å². The van der Waals surface area contributed by atoms with Gasteiger partial charge in [-0.2, -0.15) is 0 Å². The van der Waals surface area contributed by atoms with Crippen LogP contribution in [0, 0.1) is 11.8 Å². The molecule has 1 heterocycles. The molecule has 0 bridgehead atoms. The van der Waals surface area contributed by atoms with Gasteiger partial charge in [-0.1, -0.05) is 29.8 Å². The molecule has 7 heteroatoms. The van der Waals surface area contributed by atoms with E-state index in [1.54, 1.807) is 12.1 Å². The topological polar surface area (TPSA) is 76.7 Å². The first-order chi connectivity index (χ1) is 13.1. The molecule has 2 atom stereocenters. The van der Waals surface area contributed by atoms with Crippen LogP contribution in [-0.2, 0) is 22.7 Å². The van der Waals surface area contributed by atoms with Crippen LogP contribution in [0.25, 0.3) is 0 Å². The fraction of sp³-hybridized carbons (Fsp3) is 0.300. The SMILES string of the molecule is O=C(NCc1ccc(Cl)cc1)C1CC1C(=O)NCc1ccc2c(c1)OCO2. The quantitative estimate of drug-likeness (QED) is 0.800. The Balaban J connectivity index is 1.22. The van der Waals surface area contributed by atoms with Crippen LogP contribution in [0.5, 0.6) is 11.5 Å². The van der Waals surface area contributed by atoms with Gasteiger partial charge in [0.05, 0.1) is 11.8 Å². The second kappa shape index (κ2) is 7.48. The molecule has 0 spiro atoms. The minimum absolute atomic E-state index is 0.0896. The first-order valence-corrected chi connectivity index (χ1v) is 9.16. The average molecular weight is 387 g/mol. The van der Waals surface area contributed by atoms with Gasteiger partial charge in [-0.05, 0) is 41.8 Å². The molecule has 1 aliphatic carbocycles. The van der Waals surface area contributed by atoms with Gasteiger partial charge in [0.1, 0.15) is 0 Å². The summed E-state index contributed by atoms with van der Waals surface area (Å²) in [6, 6.07) is 12.9. The number of rotatable bonds is 6. The Morgan fingerprint density at radius 3 is 2.19 bits per heavy atom. The predicted molar refractivity (Wildman–Crippen MR) is 99.3 cm³/mol. The lowest BCUT2D eigenvalue weighted by molar-refractivity contribution is -0.127. The molecule has 0 radical (unpaired) electrons. The summed E-state index contributed by atoms with van der Waals surface area (Å²) in [6.45, 7) is 1.04. The largest absolute Gasteiger partial charge is 0.454 e. The van der Waals surface area contributed by atoms with E-state index in [0.717, 1.165) is 11.1 Å². The number of halogens is 1. The van der Waals surface area contributed by atoms with Crippen LogP contribution in [0.2, 0.25) is 5.02 Å². The molecule has 2 aromatic carbocycles. The molecule has 0 saturated heterocycles. The lowest BCUT2D eigenvalue weighted by Gasteiger charge is -2.07. The van der Waals surface area contributed by atoms with Crippen LogP contribution in [0.1, 0.15) is 17.5 Å². The Bertz CT molecular complexity index is 869. The molecular formula is C20H19ClN2O4. The zero-order valence-electron chi connectivity index (χ0n) is 14.5. The number of carbonyl (C=O) groups is 2. The number of nitrogens with one attached hydrogen (secondary N) is 2. The zero-order valence-corrected chi connectivity index (χ0v) is 15.3. The molecule has 2 aromatic rings. The van der Waals surface area contributed by atoms with Crippen molar-refractivity contribution in [3.63, 3.8) is 0 Å². The molecule has 1 saturated carbocycles. The van der Waals surface area contributed by atoms with E-state index < -0.39 is 0 Å². The van der Waals surface area contributed by atoms with Crippen LogP contribution < -0.4 is 20.1 Å². The first kappa shape index (κ1) is 17.7. The van der Waals surface area contributed by atoms with Gasteiger partial charge < -0.3 is 20.1 Å². The van der Waals surface area contributed by atoms with Gasteiger partial charge >= 0.3 is 0 Å². The third-order valence-electron chi connectivity index (χ3n) is 4.75. The normalized spacial score (nSPS) is 19.4. The van der Waals surface area contributed by atoms with Crippen LogP contribution in [-0.4, -0.2) is 18.6 Å². The molecule has 27 heavy (non-hydrogen) atoms. The maximum Gasteiger partial charge on any atom is 0.231 e. The maximum atomic E-state index is 12.3. The highest BCUT2D eigenvalue weighted by atomic mass is 35.5. The van der Waals surface area contributed by atoms with Gasteiger partial charge in [0.15, 0.2) is 11.5 Å². The van der Waals surface area contributed by atoms with E-state index in [1.807, 2.05) is 30.3 Å². The maximum absolute atomic E-state index is 12.3. The van der Waals surface area contributed by atoms with Crippen LogP contribution in [0.3, 0.4) is 0 Å². The third-order valence-corrected chi connectivity index (χ3v) is 5.00. The molecule has 4 rings (SSSR count). The molecule has 1 aliphatic heterocycles. The number of fused-ring (bicyclic) bond motifs is 1. The molecular weight excluding hydrogens is 368 g/mol. The molecule has 1 fully saturated rings. The minimum atomic E-state index is -0.260. The molecule has 6 nitrogen and oxygen atoms in total. The van der Waals surface area contributed by atoms with Crippen molar-refractivity contribution < 1.29 is 19.1 Å². The first-order valence-electron chi connectivity index (χ1n) is 8.78. The molecule has 0 aromatic heterocycles. The lowest BCUT2D eigenvalue weighted by Crippen LogP contribution is -2.29. The second-order valence-corrected chi connectivity index (χ2v) is 7.13. The third kappa shape index (κ3) is 4.17. The van der Waals surface area contributed by atoms with Gasteiger partial charge in [0.25, 0.3) is 0 Å². The van der Waals surface area contributed by atoms with Crippen molar-refractivity contribution in [3.05, 3.63) is 58.6 Å². The van der Waals surface area contributed by atoms with E-state index in [4.69, 9.17) is 21.1 Å². The van der Waals surface area contributed by atoms with E-state index in [0.29, 0.717) is 36.0 Å². The number of amides is 2. The highest BCUT2D eigenvalue weighted by Crippen LogP contribution is 2.39. The van der Waals surface area contributed by atoms with E-state index >= 15 is 0 Å². The number of hydrogen-bond donors (Lipinski definition) is 2. The molecule has 2 amide bonds. The molecule has 2 aliphatic rings. The smallest absolute Gasteiger partial charge is 0.231 e. The standard InChI is InChI=1S/C20H19ClN2O4/c21-14-4-1-12(2-5-14)9-22-19(24)15-8-16(15)20(25)23-10-13-3-6-17-18(7-13)27-11-26-17/h1-7,15-16H,8-11H2,(H,22,24)(H,23,25). The number of carbonyl (C=O) groups excluding carboxylic acids is 2. The predicted octanol–water partition coefficient (Wildman–Crippen LogP) is 2.64. The summed E-state index contributed by atoms with van der Waals surface area (Å²) in [5.74, 6) is 0.697. The highest BCUT2D eigenvalue weighted by molar-refractivity contribution is 6.30. The monoisotopic (exact) mass is 386 g/mol. The summed E-state index contributed by atoms with van der Waals surface area (Å²) < 4.78 is 10.6. The van der Waals surface area contributed by atoms with Crippen molar-refractivity contribution in [2.45, 2.75) is 19.5 Å². The summed E-state index contributed by atoms with van der Waals surface area (Å²) >= 11 is 5.85. The van der Waals surface area contributed by atoms with Crippen LogP contribution in [0.4, 0.5) is 0 Å². The summed E-state index contributed by atoms with van der Waals surface area (Å²) in [7, 11) is 0. The van der Waals surface area contributed by atoms with Crippen molar-refractivity contribution in [1.82, 2.24) is 10.6 Å².